The molecular weight excluding hydrogens is 270 g/mol. The van der Waals surface area contributed by atoms with Crippen molar-refractivity contribution < 1.29 is 9.53 Å². The number of carbonyl (C=O) groups is 1. The van der Waals surface area contributed by atoms with E-state index in [4.69, 9.17) is 4.74 Å². The molecule has 0 radical (unpaired) electrons. The van der Waals surface area contributed by atoms with Crippen molar-refractivity contribution in [2.24, 2.45) is 0 Å². The van der Waals surface area contributed by atoms with Gasteiger partial charge in [-0.25, -0.2) is 4.79 Å². The Morgan fingerprint density at radius 3 is 3.00 bits per heavy atom. The van der Waals surface area contributed by atoms with Crippen LogP contribution in [0.2, 0.25) is 0 Å². The van der Waals surface area contributed by atoms with Crippen molar-refractivity contribution in [1.29, 1.82) is 0 Å². The molecular formula is C12H14BrNO2. The number of rotatable bonds is 2. The zero-order valence-corrected chi connectivity index (χ0v) is 10.7. The fourth-order valence-electron chi connectivity index (χ4n) is 2.07. The SMILES string of the molecule is COC(=O)c1cc(Br)ccc1C1CCCN1. The largest absolute Gasteiger partial charge is 0.465 e. The second kappa shape index (κ2) is 4.97. The number of carbonyl (C=O) groups excluding carboxylic acids is 1. The minimum absolute atomic E-state index is 0.273. The highest BCUT2D eigenvalue weighted by molar-refractivity contribution is 9.10. The zero-order valence-electron chi connectivity index (χ0n) is 9.13. The van der Waals surface area contributed by atoms with Crippen molar-refractivity contribution in [3.05, 3.63) is 33.8 Å². The van der Waals surface area contributed by atoms with E-state index < -0.39 is 0 Å². The van der Waals surface area contributed by atoms with Crippen molar-refractivity contribution in [2.45, 2.75) is 18.9 Å². The average Bonchev–Trinajstić information content (AvgIpc) is 2.81. The third-order valence-electron chi connectivity index (χ3n) is 2.86. The van der Waals surface area contributed by atoms with E-state index in [1.165, 1.54) is 7.11 Å². The van der Waals surface area contributed by atoms with Gasteiger partial charge in [-0.3, -0.25) is 0 Å². The number of ether oxygens (including phenoxy) is 1. The standard InChI is InChI=1S/C12H14BrNO2/c1-16-12(15)10-7-8(13)4-5-9(10)11-3-2-6-14-11/h4-5,7,11,14H,2-3,6H2,1H3. The number of methoxy groups -OCH3 is 1. The summed E-state index contributed by atoms with van der Waals surface area (Å²) in [4.78, 5) is 11.7. The molecule has 0 aromatic heterocycles. The number of halogens is 1. The summed E-state index contributed by atoms with van der Waals surface area (Å²) in [6, 6.07) is 6.05. The van der Waals surface area contributed by atoms with Crippen molar-refractivity contribution in [3.63, 3.8) is 0 Å². The Morgan fingerprint density at radius 1 is 1.56 bits per heavy atom. The molecule has 0 bridgehead atoms. The third-order valence-corrected chi connectivity index (χ3v) is 3.35. The molecule has 1 atom stereocenters. The Bertz CT molecular complexity index is 400. The lowest BCUT2D eigenvalue weighted by Gasteiger charge is -2.14. The van der Waals surface area contributed by atoms with E-state index in [1.807, 2.05) is 18.2 Å². The maximum atomic E-state index is 11.7. The normalized spacial score (nSPS) is 19.8. The molecule has 1 aliphatic heterocycles. The van der Waals surface area contributed by atoms with Gasteiger partial charge in [0.2, 0.25) is 0 Å². The second-order valence-electron chi connectivity index (χ2n) is 3.87. The Kier molecular flexibility index (Phi) is 3.61. The van der Waals surface area contributed by atoms with Crippen molar-refractivity contribution in [2.75, 3.05) is 13.7 Å². The maximum absolute atomic E-state index is 11.7. The Morgan fingerprint density at radius 2 is 2.38 bits per heavy atom. The van der Waals surface area contributed by atoms with E-state index in [1.54, 1.807) is 0 Å². The highest BCUT2D eigenvalue weighted by Crippen LogP contribution is 2.28. The highest BCUT2D eigenvalue weighted by Gasteiger charge is 2.22. The average molecular weight is 284 g/mol. The van der Waals surface area contributed by atoms with Gasteiger partial charge < -0.3 is 10.1 Å². The van der Waals surface area contributed by atoms with Gasteiger partial charge >= 0.3 is 5.97 Å². The molecule has 1 unspecified atom stereocenters. The summed E-state index contributed by atoms with van der Waals surface area (Å²) in [5, 5.41) is 3.39. The molecule has 1 aromatic carbocycles. The lowest BCUT2D eigenvalue weighted by Crippen LogP contribution is -2.17. The van der Waals surface area contributed by atoms with Crippen LogP contribution in [-0.4, -0.2) is 19.6 Å². The number of benzene rings is 1. The molecule has 0 spiro atoms. The number of hydrogen-bond donors (Lipinski definition) is 1. The van der Waals surface area contributed by atoms with Crippen LogP contribution in [0, 0.1) is 0 Å². The fraction of sp³-hybridized carbons (Fsp3) is 0.417. The quantitative estimate of drug-likeness (QED) is 0.848. The van der Waals surface area contributed by atoms with Gasteiger partial charge in [0.15, 0.2) is 0 Å². The van der Waals surface area contributed by atoms with Crippen molar-refractivity contribution >= 4 is 21.9 Å². The second-order valence-corrected chi connectivity index (χ2v) is 4.79. The molecule has 4 heteroatoms. The van der Waals surface area contributed by atoms with Gasteiger partial charge in [-0.2, -0.15) is 0 Å². The fourth-order valence-corrected chi connectivity index (χ4v) is 2.43. The van der Waals surface area contributed by atoms with E-state index in [0.29, 0.717) is 5.56 Å². The lowest BCUT2D eigenvalue weighted by atomic mass is 9.99. The lowest BCUT2D eigenvalue weighted by molar-refractivity contribution is 0.0598. The van der Waals surface area contributed by atoms with Gasteiger partial charge in [0.05, 0.1) is 12.7 Å². The molecule has 1 fully saturated rings. The molecule has 0 aliphatic carbocycles. The minimum atomic E-state index is -0.273. The number of hydrogen-bond acceptors (Lipinski definition) is 3. The summed E-state index contributed by atoms with van der Waals surface area (Å²) >= 11 is 3.37. The summed E-state index contributed by atoms with van der Waals surface area (Å²) in [5.74, 6) is -0.273. The topological polar surface area (TPSA) is 38.3 Å². The van der Waals surface area contributed by atoms with E-state index in [9.17, 15) is 4.79 Å². The maximum Gasteiger partial charge on any atom is 0.338 e. The molecule has 3 nitrogen and oxygen atoms in total. The van der Waals surface area contributed by atoms with Crippen LogP contribution in [0.4, 0.5) is 0 Å². The predicted octanol–water partition coefficient (Wildman–Crippen LogP) is 2.66. The molecule has 1 aliphatic rings. The molecule has 1 saturated heterocycles. The molecule has 16 heavy (non-hydrogen) atoms. The number of esters is 1. The molecule has 0 saturated carbocycles. The summed E-state index contributed by atoms with van der Waals surface area (Å²) in [7, 11) is 1.41. The molecule has 1 aromatic rings. The number of nitrogens with one attached hydrogen (secondary N) is 1. The molecule has 1 heterocycles. The minimum Gasteiger partial charge on any atom is -0.465 e. The highest BCUT2D eigenvalue weighted by atomic mass is 79.9. The molecule has 0 amide bonds. The van der Waals surface area contributed by atoms with Crippen molar-refractivity contribution in [1.82, 2.24) is 5.32 Å². The van der Waals surface area contributed by atoms with E-state index in [0.717, 1.165) is 29.4 Å². The van der Waals surface area contributed by atoms with Crippen LogP contribution >= 0.6 is 15.9 Å². The van der Waals surface area contributed by atoms with Gasteiger partial charge in [-0.05, 0) is 37.1 Å². The van der Waals surface area contributed by atoms with E-state index >= 15 is 0 Å². The first-order valence-electron chi connectivity index (χ1n) is 5.33. The Labute approximate surface area is 103 Å². The van der Waals surface area contributed by atoms with E-state index in [2.05, 4.69) is 21.2 Å². The first-order chi connectivity index (χ1) is 7.72. The van der Waals surface area contributed by atoms with Crippen LogP contribution in [0.5, 0.6) is 0 Å². The van der Waals surface area contributed by atoms with Crippen LogP contribution in [0.25, 0.3) is 0 Å². The van der Waals surface area contributed by atoms with Crippen LogP contribution in [0.15, 0.2) is 22.7 Å². The van der Waals surface area contributed by atoms with Crippen molar-refractivity contribution in [3.8, 4) is 0 Å². The van der Waals surface area contributed by atoms with E-state index in [-0.39, 0.29) is 12.0 Å². The Balaban J connectivity index is 2.38. The molecule has 1 N–H and O–H groups in total. The van der Waals surface area contributed by atoms with Crippen LogP contribution in [0.3, 0.4) is 0 Å². The van der Waals surface area contributed by atoms with Gasteiger partial charge in [0.1, 0.15) is 0 Å². The van der Waals surface area contributed by atoms with Crippen LogP contribution in [0.1, 0.15) is 34.8 Å². The van der Waals surface area contributed by atoms with Gasteiger partial charge in [-0.1, -0.05) is 22.0 Å². The third kappa shape index (κ3) is 2.28. The summed E-state index contributed by atoms with van der Waals surface area (Å²) in [6.07, 6.45) is 2.23. The molecule has 86 valence electrons. The van der Waals surface area contributed by atoms with Crippen LogP contribution in [-0.2, 0) is 4.74 Å². The Hall–Kier alpha value is -0.870. The van der Waals surface area contributed by atoms with Crippen LogP contribution < -0.4 is 5.32 Å². The monoisotopic (exact) mass is 283 g/mol. The summed E-state index contributed by atoms with van der Waals surface area (Å²) < 4.78 is 5.70. The zero-order chi connectivity index (χ0) is 11.5. The smallest absolute Gasteiger partial charge is 0.338 e. The molecule has 2 rings (SSSR count). The summed E-state index contributed by atoms with van der Waals surface area (Å²) in [6.45, 7) is 1.02. The predicted molar refractivity (Wildman–Crippen MR) is 65.5 cm³/mol. The van der Waals surface area contributed by atoms with Gasteiger partial charge in [0.25, 0.3) is 0 Å². The first-order valence-corrected chi connectivity index (χ1v) is 6.13. The summed E-state index contributed by atoms with van der Waals surface area (Å²) in [5.41, 5.74) is 1.68. The first kappa shape index (κ1) is 11.6. The van der Waals surface area contributed by atoms with Gasteiger partial charge in [0, 0.05) is 10.5 Å². The van der Waals surface area contributed by atoms with Gasteiger partial charge in [-0.15, -0.1) is 0 Å².